The van der Waals surface area contributed by atoms with E-state index >= 15 is 0 Å². The minimum Gasteiger partial charge on any atom is -0.314 e. The van der Waals surface area contributed by atoms with Crippen molar-refractivity contribution in [3.05, 3.63) is 29.3 Å². The summed E-state index contributed by atoms with van der Waals surface area (Å²) in [6.45, 7) is 7.72. The van der Waals surface area contributed by atoms with Crippen LogP contribution in [0.4, 0.5) is 5.69 Å². The van der Waals surface area contributed by atoms with Crippen molar-refractivity contribution in [1.29, 1.82) is 0 Å². The van der Waals surface area contributed by atoms with Crippen molar-refractivity contribution in [2.75, 3.05) is 18.0 Å². The van der Waals surface area contributed by atoms with Crippen molar-refractivity contribution in [2.24, 2.45) is 0 Å². The Labute approximate surface area is 122 Å². The highest BCUT2D eigenvalue weighted by Crippen LogP contribution is 2.30. The molecule has 1 N–H and O–H groups in total. The summed E-state index contributed by atoms with van der Waals surface area (Å²) in [6.07, 6.45) is 4.49. The van der Waals surface area contributed by atoms with Gasteiger partial charge in [-0.1, -0.05) is 19.1 Å². The van der Waals surface area contributed by atoms with Crippen molar-refractivity contribution in [2.45, 2.75) is 52.5 Å². The first-order chi connectivity index (χ1) is 9.67. The van der Waals surface area contributed by atoms with Crippen molar-refractivity contribution in [3.8, 4) is 0 Å². The lowest BCUT2D eigenvalue weighted by Crippen LogP contribution is -2.36. The van der Waals surface area contributed by atoms with E-state index in [1.807, 2.05) is 11.8 Å². The number of fused-ring (bicyclic) bond motifs is 1. The van der Waals surface area contributed by atoms with Crippen LogP contribution in [0, 0.1) is 0 Å². The Kier molecular flexibility index (Phi) is 5.18. The van der Waals surface area contributed by atoms with Gasteiger partial charge in [0.05, 0.1) is 0 Å². The molecule has 0 aliphatic heterocycles. The average molecular weight is 274 g/mol. The Bertz CT molecular complexity index is 470. The van der Waals surface area contributed by atoms with Crippen LogP contribution >= 0.6 is 0 Å². The van der Waals surface area contributed by atoms with E-state index in [1.165, 1.54) is 24.0 Å². The van der Waals surface area contributed by atoms with Gasteiger partial charge in [-0.25, -0.2) is 0 Å². The molecular formula is C17H26N2O. The van der Waals surface area contributed by atoms with Gasteiger partial charge in [0.25, 0.3) is 0 Å². The summed E-state index contributed by atoms with van der Waals surface area (Å²) >= 11 is 0. The second-order valence-electron chi connectivity index (χ2n) is 5.57. The second kappa shape index (κ2) is 6.89. The molecule has 0 spiro atoms. The number of rotatable bonds is 5. The zero-order chi connectivity index (χ0) is 14.5. The van der Waals surface area contributed by atoms with E-state index in [9.17, 15) is 4.79 Å². The second-order valence-corrected chi connectivity index (χ2v) is 5.57. The summed E-state index contributed by atoms with van der Waals surface area (Å²) in [5, 5.41) is 3.62. The zero-order valence-electron chi connectivity index (χ0n) is 12.9. The molecule has 2 rings (SSSR count). The number of amides is 1. The summed E-state index contributed by atoms with van der Waals surface area (Å²) in [4.78, 5) is 13.7. The molecule has 0 radical (unpaired) electrons. The molecule has 3 heteroatoms. The van der Waals surface area contributed by atoms with Crippen LogP contribution in [0.15, 0.2) is 18.2 Å². The van der Waals surface area contributed by atoms with E-state index in [0.717, 1.165) is 31.6 Å². The van der Waals surface area contributed by atoms with Crippen molar-refractivity contribution in [1.82, 2.24) is 5.32 Å². The Morgan fingerprint density at radius 3 is 2.85 bits per heavy atom. The summed E-state index contributed by atoms with van der Waals surface area (Å²) < 4.78 is 0. The smallest absolute Gasteiger partial charge is 0.223 e. The first-order valence-corrected chi connectivity index (χ1v) is 7.79. The van der Waals surface area contributed by atoms with E-state index in [0.29, 0.717) is 6.04 Å². The molecule has 1 atom stereocenters. The van der Waals surface area contributed by atoms with Gasteiger partial charge in [-0.3, -0.25) is 4.79 Å². The normalized spacial score (nSPS) is 17.6. The highest BCUT2D eigenvalue weighted by atomic mass is 16.2. The minimum absolute atomic E-state index is 0.132. The Morgan fingerprint density at radius 1 is 1.40 bits per heavy atom. The molecule has 110 valence electrons. The van der Waals surface area contributed by atoms with Crippen LogP contribution in [0.3, 0.4) is 0 Å². The molecule has 1 aliphatic carbocycles. The fourth-order valence-electron chi connectivity index (χ4n) is 3.13. The van der Waals surface area contributed by atoms with Crippen LogP contribution in [0.1, 0.15) is 44.7 Å². The number of anilines is 1. The molecule has 0 saturated carbocycles. The van der Waals surface area contributed by atoms with Crippen LogP contribution in [-0.2, 0) is 17.6 Å². The third kappa shape index (κ3) is 3.21. The first kappa shape index (κ1) is 15.0. The lowest BCUT2D eigenvalue weighted by atomic mass is 9.86. The third-order valence-electron chi connectivity index (χ3n) is 4.13. The molecule has 3 nitrogen and oxygen atoms in total. The van der Waals surface area contributed by atoms with Gasteiger partial charge in [-0.2, -0.15) is 0 Å². The summed E-state index contributed by atoms with van der Waals surface area (Å²) in [6, 6.07) is 6.98. The lowest BCUT2D eigenvalue weighted by Gasteiger charge is -2.30. The lowest BCUT2D eigenvalue weighted by molar-refractivity contribution is -0.116. The van der Waals surface area contributed by atoms with Crippen molar-refractivity contribution < 1.29 is 4.79 Å². The van der Waals surface area contributed by atoms with Gasteiger partial charge in [0.15, 0.2) is 0 Å². The predicted octanol–water partition coefficient (Wildman–Crippen LogP) is 2.92. The van der Waals surface area contributed by atoms with Gasteiger partial charge in [0.2, 0.25) is 5.91 Å². The van der Waals surface area contributed by atoms with Gasteiger partial charge in [0, 0.05) is 25.2 Å². The first-order valence-electron chi connectivity index (χ1n) is 7.79. The maximum absolute atomic E-state index is 11.8. The van der Waals surface area contributed by atoms with E-state index in [-0.39, 0.29) is 5.91 Å². The van der Waals surface area contributed by atoms with Gasteiger partial charge in [0.1, 0.15) is 0 Å². The molecule has 1 aromatic rings. The number of benzene rings is 1. The van der Waals surface area contributed by atoms with Crippen LogP contribution < -0.4 is 10.2 Å². The summed E-state index contributed by atoms with van der Waals surface area (Å²) in [5.41, 5.74) is 3.90. The average Bonchev–Trinajstić information content (AvgIpc) is 2.45. The quantitative estimate of drug-likeness (QED) is 0.895. The Balaban J connectivity index is 2.22. The number of carbonyl (C=O) groups is 1. The van der Waals surface area contributed by atoms with Gasteiger partial charge in [-0.15, -0.1) is 0 Å². The van der Waals surface area contributed by atoms with Crippen LogP contribution in [-0.4, -0.2) is 25.0 Å². The fraction of sp³-hybridized carbons (Fsp3) is 0.588. The standard InChI is InChI=1S/C17H26N2O/c1-4-11-18-15-9-10-16-14(12-15)7-6-8-17(16)19(5-2)13(3)20/h6-8,15,18H,4-5,9-12H2,1-3H3. The number of nitrogens with one attached hydrogen (secondary N) is 1. The van der Waals surface area contributed by atoms with Crippen molar-refractivity contribution in [3.63, 3.8) is 0 Å². The molecular weight excluding hydrogens is 248 g/mol. The Morgan fingerprint density at radius 2 is 2.20 bits per heavy atom. The van der Waals surface area contributed by atoms with E-state index in [1.54, 1.807) is 6.92 Å². The number of carbonyl (C=O) groups excluding carboxylic acids is 1. The van der Waals surface area contributed by atoms with E-state index in [4.69, 9.17) is 0 Å². The highest BCUT2D eigenvalue weighted by molar-refractivity contribution is 5.92. The Hall–Kier alpha value is -1.35. The third-order valence-corrected chi connectivity index (χ3v) is 4.13. The molecule has 20 heavy (non-hydrogen) atoms. The largest absolute Gasteiger partial charge is 0.314 e. The van der Waals surface area contributed by atoms with Gasteiger partial charge < -0.3 is 10.2 Å². The summed E-state index contributed by atoms with van der Waals surface area (Å²) in [7, 11) is 0. The highest BCUT2D eigenvalue weighted by Gasteiger charge is 2.22. The molecule has 0 heterocycles. The SMILES string of the molecule is CCCNC1CCc2c(cccc2N(CC)C(C)=O)C1. The molecule has 0 bridgehead atoms. The number of nitrogens with zero attached hydrogens (tertiary/aromatic N) is 1. The maximum Gasteiger partial charge on any atom is 0.223 e. The minimum atomic E-state index is 0.132. The molecule has 1 unspecified atom stereocenters. The number of hydrogen-bond acceptors (Lipinski definition) is 2. The summed E-state index contributed by atoms with van der Waals surface area (Å²) in [5.74, 6) is 0.132. The number of hydrogen-bond donors (Lipinski definition) is 1. The van der Waals surface area contributed by atoms with Crippen molar-refractivity contribution >= 4 is 11.6 Å². The molecule has 1 aromatic carbocycles. The van der Waals surface area contributed by atoms with E-state index < -0.39 is 0 Å². The van der Waals surface area contributed by atoms with E-state index in [2.05, 4.69) is 30.4 Å². The molecule has 0 fully saturated rings. The molecule has 1 aliphatic rings. The maximum atomic E-state index is 11.8. The zero-order valence-corrected chi connectivity index (χ0v) is 12.9. The van der Waals surface area contributed by atoms with Crippen LogP contribution in [0.25, 0.3) is 0 Å². The van der Waals surface area contributed by atoms with Crippen LogP contribution in [0.5, 0.6) is 0 Å². The monoisotopic (exact) mass is 274 g/mol. The fourth-order valence-corrected chi connectivity index (χ4v) is 3.13. The predicted molar refractivity (Wildman–Crippen MR) is 84.2 cm³/mol. The van der Waals surface area contributed by atoms with Gasteiger partial charge >= 0.3 is 0 Å². The molecule has 1 amide bonds. The topological polar surface area (TPSA) is 32.3 Å². The van der Waals surface area contributed by atoms with Crippen LogP contribution in [0.2, 0.25) is 0 Å². The molecule has 0 saturated heterocycles. The van der Waals surface area contributed by atoms with Gasteiger partial charge in [-0.05, 0) is 56.3 Å². The molecule has 0 aromatic heterocycles.